The van der Waals surface area contributed by atoms with E-state index in [0.717, 1.165) is 56.1 Å². The summed E-state index contributed by atoms with van der Waals surface area (Å²) in [5, 5.41) is 10.0. The van der Waals surface area contributed by atoms with Crippen molar-refractivity contribution in [1.82, 2.24) is 4.72 Å². The lowest BCUT2D eigenvalue weighted by Gasteiger charge is -2.53. The average Bonchev–Trinajstić information content (AvgIpc) is 2.72. The van der Waals surface area contributed by atoms with Crippen molar-refractivity contribution in [1.29, 1.82) is 0 Å². The third-order valence-corrected chi connectivity index (χ3v) is 10.4. The molecule has 6 atom stereocenters. The van der Waals surface area contributed by atoms with Crippen LogP contribution in [0.25, 0.3) is 0 Å². The molecule has 2 N–H and O–H groups in total. The second kappa shape index (κ2) is 8.48. The molecule has 0 spiro atoms. The lowest BCUT2D eigenvalue weighted by atomic mass is 9.53. The molecule has 0 radical (unpaired) electrons. The van der Waals surface area contributed by atoms with Crippen LogP contribution < -0.4 is 4.72 Å². The zero-order chi connectivity index (χ0) is 25.1. The molecule has 4 rings (SSSR count). The molecule has 4 aliphatic carbocycles. The molecule has 34 heavy (non-hydrogen) atoms. The van der Waals surface area contributed by atoms with Gasteiger partial charge in [0.25, 0.3) is 0 Å². The molecule has 0 heterocycles. The molecule has 0 aromatic carbocycles. The molecule has 2 saturated carbocycles. The van der Waals surface area contributed by atoms with Crippen molar-refractivity contribution in [2.45, 2.75) is 85.1 Å². The Labute approximate surface area is 205 Å². The van der Waals surface area contributed by atoms with Crippen LogP contribution in [0.4, 0.5) is 0 Å². The summed E-state index contributed by atoms with van der Waals surface area (Å²) in [5.74, 6) is 0.732. The van der Waals surface area contributed by atoms with E-state index in [1.54, 1.807) is 12.2 Å². The van der Waals surface area contributed by atoms with Gasteiger partial charge in [0.15, 0.2) is 5.76 Å². The van der Waals surface area contributed by atoms with E-state index < -0.39 is 15.6 Å². The van der Waals surface area contributed by atoms with Gasteiger partial charge in [0, 0.05) is 11.0 Å². The average molecular weight is 488 g/mol. The van der Waals surface area contributed by atoms with Crippen molar-refractivity contribution in [3.8, 4) is 0 Å². The first-order valence-electron chi connectivity index (χ1n) is 12.7. The topological polar surface area (TPSA) is 83.5 Å². The molecule has 188 valence electrons. The fraction of sp³-hybridized carbons (Fsp3) is 0.679. The van der Waals surface area contributed by atoms with Crippen LogP contribution in [-0.2, 0) is 14.8 Å². The van der Waals surface area contributed by atoms with Crippen molar-refractivity contribution in [2.24, 2.45) is 28.6 Å². The van der Waals surface area contributed by atoms with Crippen molar-refractivity contribution >= 4 is 15.8 Å². The van der Waals surface area contributed by atoms with Crippen LogP contribution in [-0.4, -0.2) is 31.1 Å². The third kappa shape index (κ3) is 4.60. The van der Waals surface area contributed by atoms with Crippen LogP contribution >= 0.6 is 0 Å². The lowest BCUT2D eigenvalue weighted by Crippen LogP contribution is -2.54. The molecule has 0 bridgehead atoms. The van der Waals surface area contributed by atoms with E-state index in [4.69, 9.17) is 0 Å². The van der Waals surface area contributed by atoms with Gasteiger partial charge < -0.3 is 5.11 Å². The Kier molecular flexibility index (Phi) is 6.34. The Morgan fingerprint density at radius 1 is 1.00 bits per heavy atom. The zero-order valence-electron chi connectivity index (χ0n) is 21.6. The molecule has 0 aromatic rings. The summed E-state index contributed by atoms with van der Waals surface area (Å²) in [7, 11) is -3.27. The fourth-order valence-corrected chi connectivity index (χ4v) is 8.53. The van der Waals surface area contributed by atoms with Gasteiger partial charge in [0.2, 0.25) is 15.8 Å². The normalized spacial score (nSPS) is 41.1. The van der Waals surface area contributed by atoms with E-state index in [-0.39, 0.29) is 22.4 Å². The van der Waals surface area contributed by atoms with Gasteiger partial charge in [0.1, 0.15) is 0 Å². The van der Waals surface area contributed by atoms with Crippen LogP contribution in [0.3, 0.4) is 0 Å². The van der Waals surface area contributed by atoms with Gasteiger partial charge in [-0.3, -0.25) is 4.79 Å². The fourth-order valence-electron chi connectivity index (χ4n) is 7.45. The molecular formula is C28H41NO4S. The highest BCUT2D eigenvalue weighted by atomic mass is 32.2. The molecule has 4 aliphatic rings. The monoisotopic (exact) mass is 487 g/mol. The quantitative estimate of drug-likeness (QED) is 0.518. The standard InChI is InChI=1S/C28H41NO4S/c1-18-9-11-26(3)13-14-27(4,29-34(6,32)33)17-23(26)19(2)10-12-28(5)21(18)8-7-20-15-24(30)25(31)16-22(20)28/h7-8,15-16,18-19,23,29-30H,9-14,17H2,1-6H3/t18-,19+,23-,26-,27+,28+/m0/s1. The molecule has 2 fully saturated rings. The highest BCUT2D eigenvalue weighted by molar-refractivity contribution is 7.88. The van der Waals surface area contributed by atoms with Gasteiger partial charge in [-0.2, -0.15) is 0 Å². The maximum Gasteiger partial charge on any atom is 0.220 e. The van der Waals surface area contributed by atoms with Gasteiger partial charge in [-0.05, 0) is 98.3 Å². The molecule has 0 aliphatic heterocycles. The van der Waals surface area contributed by atoms with Crippen LogP contribution in [0.15, 0.2) is 46.8 Å². The van der Waals surface area contributed by atoms with Crippen LogP contribution in [0.5, 0.6) is 0 Å². The first-order chi connectivity index (χ1) is 15.7. The second-order valence-electron chi connectivity index (χ2n) is 12.4. The van der Waals surface area contributed by atoms with Crippen LogP contribution in [0.1, 0.15) is 79.6 Å². The molecule has 0 aromatic heterocycles. The Balaban J connectivity index is 1.68. The van der Waals surface area contributed by atoms with Crippen molar-refractivity contribution < 1.29 is 18.3 Å². The Morgan fingerprint density at radius 2 is 1.71 bits per heavy atom. The SMILES string of the molecule is C[C@@H]1CC[C@@]2(C)C3=CC(=O)C(O)=CC3=CC=C2[C@@H](C)CC[C@@]2(C)CC[C@@](C)(NS(C)(=O)=O)C[C@@H]12. The van der Waals surface area contributed by atoms with Gasteiger partial charge in [0.05, 0.1) is 6.26 Å². The zero-order valence-corrected chi connectivity index (χ0v) is 22.4. The van der Waals surface area contributed by atoms with E-state index >= 15 is 0 Å². The number of aliphatic hydroxyl groups excluding tert-OH is 1. The highest BCUT2D eigenvalue weighted by Crippen LogP contribution is 2.57. The van der Waals surface area contributed by atoms with Crippen molar-refractivity contribution in [3.63, 3.8) is 0 Å². The number of hydrogen-bond donors (Lipinski definition) is 2. The maximum atomic E-state index is 12.4. The smallest absolute Gasteiger partial charge is 0.220 e. The lowest BCUT2D eigenvalue weighted by molar-refractivity contribution is -0.113. The molecule has 0 amide bonds. The minimum absolute atomic E-state index is 0.185. The van der Waals surface area contributed by atoms with Crippen LogP contribution in [0, 0.1) is 28.6 Å². The molecule has 5 nitrogen and oxygen atoms in total. The van der Waals surface area contributed by atoms with Crippen LogP contribution in [0.2, 0.25) is 0 Å². The highest BCUT2D eigenvalue weighted by Gasteiger charge is 2.49. The number of sulfonamides is 1. The molecule has 6 heteroatoms. The summed E-state index contributed by atoms with van der Waals surface area (Å²) in [6.45, 7) is 11.4. The van der Waals surface area contributed by atoms with E-state index in [1.807, 2.05) is 0 Å². The number of fused-ring (bicyclic) bond motifs is 4. The maximum absolute atomic E-state index is 12.4. The number of hydrogen-bond acceptors (Lipinski definition) is 4. The predicted molar refractivity (Wildman–Crippen MR) is 137 cm³/mol. The summed E-state index contributed by atoms with van der Waals surface area (Å²) in [5.41, 5.74) is 2.89. The first kappa shape index (κ1) is 25.4. The van der Waals surface area contributed by atoms with Gasteiger partial charge in [-0.15, -0.1) is 0 Å². The largest absolute Gasteiger partial charge is 0.504 e. The first-order valence-corrected chi connectivity index (χ1v) is 14.6. The second-order valence-corrected chi connectivity index (χ2v) is 14.1. The minimum Gasteiger partial charge on any atom is -0.504 e. The van der Waals surface area contributed by atoms with Crippen molar-refractivity contribution in [3.05, 3.63) is 46.8 Å². The number of nitrogens with one attached hydrogen (secondary N) is 1. The summed E-state index contributed by atoms with van der Waals surface area (Å²) < 4.78 is 27.1. The van der Waals surface area contributed by atoms with Gasteiger partial charge >= 0.3 is 0 Å². The molecule has 0 saturated heterocycles. The van der Waals surface area contributed by atoms with E-state index in [0.29, 0.717) is 17.8 Å². The Hall–Kier alpha value is -1.66. The van der Waals surface area contributed by atoms with Gasteiger partial charge in [-0.1, -0.05) is 45.4 Å². The van der Waals surface area contributed by atoms with Crippen molar-refractivity contribution in [2.75, 3.05) is 6.26 Å². The van der Waals surface area contributed by atoms with E-state index in [9.17, 15) is 18.3 Å². The summed E-state index contributed by atoms with van der Waals surface area (Å²) in [6.07, 6.45) is 15.7. The molecule has 0 unspecified atom stereocenters. The summed E-state index contributed by atoms with van der Waals surface area (Å²) in [4.78, 5) is 12.4. The Morgan fingerprint density at radius 3 is 2.38 bits per heavy atom. The molecular weight excluding hydrogens is 446 g/mol. The summed E-state index contributed by atoms with van der Waals surface area (Å²) in [6, 6.07) is 0. The number of rotatable bonds is 2. The predicted octanol–water partition coefficient (Wildman–Crippen LogP) is 5.77. The number of carbonyl (C=O) groups excluding carboxylic acids is 1. The number of carbonyl (C=O) groups is 1. The number of ketones is 1. The minimum atomic E-state index is -3.27. The number of allylic oxidation sites excluding steroid dienone is 7. The van der Waals surface area contributed by atoms with Gasteiger partial charge in [-0.25, -0.2) is 13.1 Å². The summed E-state index contributed by atoms with van der Waals surface area (Å²) >= 11 is 0. The van der Waals surface area contributed by atoms with E-state index in [2.05, 4.69) is 51.5 Å². The van der Waals surface area contributed by atoms with E-state index in [1.165, 1.54) is 11.8 Å². The third-order valence-electron chi connectivity index (χ3n) is 9.52. The Bertz CT molecular complexity index is 1110. The number of aliphatic hydroxyl groups is 1.